The van der Waals surface area contributed by atoms with Crippen LogP contribution in [0.1, 0.15) is 11.1 Å². The van der Waals surface area contributed by atoms with Gasteiger partial charge in [0.2, 0.25) is 0 Å². The standard InChI is InChI=1S/C14H14N4/c1-10-3-2-4-13(9-10)18-17-12-7-5-11(6-8-12)14(15)16/h2-9H,1H3,(H3,15,16). The second-order valence-electron chi connectivity index (χ2n) is 4.00. The predicted molar refractivity (Wildman–Crippen MR) is 72.8 cm³/mol. The Hall–Kier alpha value is -2.49. The molecule has 0 spiro atoms. The van der Waals surface area contributed by atoms with E-state index in [1.54, 1.807) is 24.3 Å². The lowest BCUT2D eigenvalue weighted by Crippen LogP contribution is -2.10. The van der Waals surface area contributed by atoms with E-state index in [1.165, 1.54) is 0 Å². The number of hydrogen-bond acceptors (Lipinski definition) is 3. The number of nitrogens with one attached hydrogen (secondary N) is 1. The summed E-state index contributed by atoms with van der Waals surface area (Å²) in [7, 11) is 0. The van der Waals surface area contributed by atoms with Crippen molar-refractivity contribution in [3.63, 3.8) is 0 Å². The summed E-state index contributed by atoms with van der Waals surface area (Å²) in [6.07, 6.45) is 0. The van der Waals surface area contributed by atoms with Crippen molar-refractivity contribution in [2.45, 2.75) is 6.92 Å². The Kier molecular flexibility index (Phi) is 3.48. The fraction of sp³-hybridized carbons (Fsp3) is 0.0714. The van der Waals surface area contributed by atoms with Crippen molar-refractivity contribution < 1.29 is 0 Å². The minimum Gasteiger partial charge on any atom is -0.384 e. The molecule has 0 saturated carbocycles. The number of hydrogen-bond donors (Lipinski definition) is 2. The molecule has 0 aliphatic rings. The third kappa shape index (κ3) is 3.01. The van der Waals surface area contributed by atoms with Crippen LogP contribution in [0, 0.1) is 12.3 Å². The molecule has 2 aromatic rings. The van der Waals surface area contributed by atoms with Crippen molar-refractivity contribution in [2.75, 3.05) is 0 Å². The summed E-state index contributed by atoms with van der Waals surface area (Å²) < 4.78 is 0. The lowest BCUT2D eigenvalue weighted by atomic mass is 10.2. The third-order valence-electron chi connectivity index (χ3n) is 2.46. The van der Waals surface area contributed by atoms with Crippen LogP contribution in [-0.2, 0) is 0 Å². The molecule has 0 bridgehead atoms. The zero-order valence-electron chi connectivity index (χ0n) is 10.1. The molecular weight excluding hydrogens is 224 g/mol. The fourth-order valence-corrected chi connectivity index (χ4v) is 1.51. The maximum atomic E-state index is 7.29. The zero-order valence-corrected chi connectivity index (χ0v) is 10.1. The second-order valence-corrected chi connectivity index (χ2v) is 4.00. The van der Waals surface area contributed by atoms with Crippen molar-refractivity contribution >= 4 is 17.2 Å². The van der Waals surface area contributed by atoms with Gasteiger partial charge >= 0.3 is 0 Å². The normalized spacial score (nSPS) is 10.7. The van der Waals surface area contributed by atoms with Crippen LogP contribution >= 0.6 is 0 Å². The minimum absolute atomic E-state index is 0.0529. The molecule has 2 rings (SSSR count). The maximum Gasteiger partial charge on any atom is 0.122 e. The Balaban J connectivity index is 2.16. The molecule has 0 radical (unpaired) electrons. The number of rotatable bonds is 3. The van der Waals surface area contributed by atoms with E-state index in [-0.39, 0.29) is 5.84 Å². The summed E-state index contributed by atoms with van der Waals surface area (Å²) >= 11 is 0. The van der Waals surface area contributed by atoms with Gasteiger partial charge in [0.05, 0.1) is 11.4 Å². The highest BCUT2D eigenvalue weighted by Crippen LogP contribution is 2.19. The smallest absolute Gasteiger partial charge is 0.122 e. The van der Waals surface area contributed by atoms with Crippen LogP contribution in [-0.4, -0.2) is 5.84 Å². The van der Waals surface area contributed by atoms with E-state index in [4.69, 9.17) is 11.1 Å². The number of azo groups is 1. The predicted octanol–water partition coefficient (Wildman–Crippen LogP) is 3.69. The summed E-state index contributed by atoms with van der Waals surface area (Å²) in [4.78, 5) is 0. The SMILES string of the molecule is Cc1cccc(N=Nc2ccc(C(=N)N)cc2)c1. The molecule has 0 unspecified atom stereocenters. The van der Waals surface area contributed by atoms with Crippen LogP contribution < -0.4 is 5.73 Å². The molecule has 3 N–H and O–H groups in total. The number of nitrogens with zero attached hydrogens (tertiary/aromatic N) is 2. The summed E-state index contributed by atoms with van der Waals surface area (Å²) in [5.74, 6) is 0.0529. The van der Waals surface area contributed by atoms with Crippen LogP contribution in [0.5, 0.6) is 0 Å². The molecule has 0 fully saturated rings. The Morgan fingerprint density at radius 1 is 1.00 bits per heavy atom. The first-order valence-electron chi connectivity index (χ1n) is 5.58. The molecule has 4 heteroatoms. The molecule has 4 nitrogen and oxygen atoms in total. The average Bonchev–Trinajstić information content (AvgIpc) is 2.37. The molecule has 0 amide bonds. The van der Waals surface area contributed by atoms with E-state index in [0.29, 0.717) is 5.56 Å². The van der Waals surface area contributed by atoms with Gasteiger partial charge in [-0.05, 0) is 48.9 Å². The van der Waals surface area contributed by atoms with Crippen molar-refractivity contribution in [2.24, 2.45) is 16.0 Å². The number of amidine groups is 1. The van der Waals surface area contributed by atoms with Crippen molar-refractivity contribution in [3.05, 3.63) is 59.7 Å². The van der Waals surface area contributed by atoms with Gasteiger partial charge < -0.3 is 5.73 Å². The highest BCUT2D eigenvalue weighted by molar-refractivity contribution is 5.95. The Morgan fingerprint density at radius 3 is 2.28 bits per heavy atom. The van der Waals surface area contributed by atoms with Crippen LogP contribution in [0.4, 0.5) is 11.4 Å². The van der Waals surface area contributed by atoms with Gasteiger partial charge in [-0.3, -0.25) is 5.41 Å². The van der Waals surface area contributed by atoms with Crippen LogP contribution in [0.3, 0.4) is 0 Å². The highest BCUT2D eigenvalue weighted by Gasteiger charge is 1.96. The monoisotopic (exact) mass is 238 g/mol. The zero-order chi connectivity index (χ0) is 13.0. The summed E-state index contributed by atoms with van der Waals surface area (Å²) in [5.41, 5.74) is 8.77. The molecule has 0 atom stereocenters. The summed E-state index contributed by atoms with van der Waals surface area (Å²) in [5, 5.41) is 15.6. The summed E-state index contributed by atoms with van der Waals surface area (Å²) in [6.45, 7) is 2.01. The maximum absolute atomic E-state index is 7.29. The first kappa shape index (κ1) is 12.0. The number of aryl methyl sites for hydroxylation is 1. The Morgan fingerprint density at radius 2 is 1.67 bits per heavy atom. The van der Waals surface area contributed by atoms with Crippen molar-refractivity contribution in [1.82, 2.24) is 0 Å². The van der Waals surface area contributed by atoms with Crippen LogP contribution in [0.2, 0.25) is 0 Å². The van der Waals surface area contributed by atoms with Crippen LogP contribution in [0.25, 0.3) is 0 Å². The van der Waals surface area contributed by atoms with E-state index in [2.05, 4.69) is 10.2 Å². The first-order valence-corrected chi connectivity index (χ1v) is 5.58. The van der Waals surface area contributed by atoms with Crippen LogP contribution in [0.15, 0.2) is 58.8 Å². The molecule has 18 heavy (non-hydrogen) atoms. The average molecular weight is 238 g/mol. The van der Waals surface area contributed by atoms with Gasteiger partial charge in [0.1, 0.15) is 5.84 Å². The molecule has 0 aliphatic heterocycles. The second kappa shape index (κ2) is 5.23. The topological polar surface area (TPSA) is 74.6 Å². The van der Waals surface area contributed by atoms with Gasteiger partial charge in [-0.15, -0.1) is 0 Å². The van der Waals surface area contributed by atoms with E-state index in [9.17, 15) is 0 Å². The van der Waals surface area contributed by atoms with Crippen molar-refractivity contribution in [1.29, 1.82) is 5.41 Å². The van der Waals surface area contributed by atoms with E-state index in [1.807, 2.05) is 31.2 Å². The lowest BCUT2D eigenvalue weighted by molar-refractivity contribution is 1.22. The van der Waals surface area contributed by atoms with Gasteiger partial charge in [-0.25, -0.2) is 0 Å². The lowest BCUT2D eigenvalue weighted by Gasteiger charge is -1.98. The first-order chi connectivity index (χ1) is 8.65. The van der Waals surface area contributed by atoms with Gasteiger partial charge in [-0.2, -0.15) is 10.2 Å². The quantitative estimate of drug-likeness (QED) is 0.477. The third-order valence-corrected chi connectivity index (χ3v) is 2.46. The van der Waals surface area contributed by atoms with E-state index >= 15 is 0 Å². The molecule has 2 aromatic carbocycles. The largest absolute Gasteiger partial charge is 0.384 e. The molecule has 0 aliphatic carbocycles. The molecular formula is C14H14N4. The van der Waals surface area contributed by atoms with E-state index in [0.717, 1.165) is 16.9 Å². The molecule has 0 heterocycles. The molecule has 0 aromatic heterocycles. The Bertz CT molecular complexity index is 585. The van der Waals surface area contributed by atoms with Gasteiger partial charge in [0.15, 0.2) is 0 Å². The van der Waals surface area contributed by atoms with Gasteiger partial charge in [0, 0.05) is 5.56 Å². The minimum atomic E-state index is 0.0529. The fourth-order valence-electron chi connectivity index (χ4n) is 1.51. The number of nitrogens with two attached hydrogens (primary N) is 1. The number of benzene rings is 2. The summed E-state index contributed by atoms with van der Waals surface area (Å²) in [6, 6.07) is 14.9. The van der Waals surface area contributed by atoms with Crippen molar-refractivity contribution in [3.8, 4) is 0 Å². The Labute approximate surface area is 106 Å². The van der Waals surface area contributed by atoms with Gasteiger partial charge in [-0.1, -0.05) is 12.1 Å². The van der Waals surface area contributed by atoms with E-state index < -0.39 is 0 Å². The van der Waals surface area contributed by atoms with Gasteiger partial charge in [0.25, 0.3) is 0 Å². The molecule has 0 saturated heterocycles. The molecule has 90 valence electrons. The number of nitrogen functional groups attached to an aromatic ring is 1. The highest BCUT2D eigenvalue weighted by atomic mass is 15.1.